The van der Waals surface area contributed by atoms with Crippen molar-refractivity contribution in [1.29, 1.82) is 0 Å². The van der Waals surface area contributed by atoms with Gasteiger partial charge < -0.3 is 10.0 Å². The van der Waals surface area contributed by atoms with Gasteiger partial charge in [0, 0.05) is 38.3 Å². The molecule has 1 fully saturated rings. The second-order valence-corrected chi connectivity index (χ2v) is 15.4. The Hall–Kier alpha value is -3.49. The second-order valence-electron chi connectivity index (χ2n) is 15.4. The van der Waals surface area contributed by atoms with Crippen molar-refractivity contribution < 1.29 is 26.2 Å². The first-order chi connectivity index (χ1) is 21.9. The maximum absolute atomic E-state index is 11.1. The van der Waals surface area contributed by atoms with Gasteiger partial charge in [-0.05, 0) is 107 Å². The molecule has 47 heavy (non-hydrogen) atoms. The molecule has 0 radical (unpaired) electrons. The number of benzene rings is 3. The minimum Gasteiger partial charge on any atom is -0.506 e. The summed E-state index contributed by atoms with van der Waals surface area (Å²) in [6.07, 6.45) is 6.77. The molecular formula is C42H46N3OPt-. The fourth-order valence-electron chi connectivity index (χ4n) is 7.93. The topological polar surface area (TPSA) is 49.2 Å². The van der Waals surface area contributed by atoms with Crippen LogP contribution in [0.15, 0.2) is 79.0 Å². The van der Waals surface area contributed by atoms with Gasteiger partial charge in [-0.15, -0.1) is 23.8 Å². The van der Waals surface area contributed by atoms with Crippen LogP contribution in [-0.4, -0.2) is 15.1 Å². The van der Waals surface area contributed by atoms with Crippen LogP contribution in [0.3, 0.4) is 0 Å². The summed E-state index contributed by atoms with van der Waals surface area (Å²) < 4.78 is 0. The summed E-state index contributed by atoms with van der Waals surface area (Å²) in [7, 11) is 0. The molecule has 3 heterocycles. The Bertz CT molecular complexity index is 1930. The minimum atomic E-state index is -0.219. The van der Waals surface area contributed by atoms with E-state index in [4.69, 9.17) is 9.97 Å². The Kier molecular flexibility index (Phi) is 8.89. The first-order valence-electron chi connectivity index (χ1n) is 17.0. The molecule has 2 aromatic heterocycles. The zero-order chi connectivity index (χ0) is 32.4. The number of pyridine rings is 2. The van der Waals surface area contributed by atoms with Crippen LogP contribution in [0.25, 0.3) is 22.2 Å². The molecule has 0 saturated heterocycles. The molecule has 2 aliphatic rings. The number of phenols is 1. The third kappa shape index (κ3) is 5.92. The van der Waals surface area contributed by atoms with Gasteiger partial charge in [-0.1, -0.05) is 90.4 Å². The van der Waals surface area contributed by atoms with E-state index in [0.29, 0.717) is 22.8 Å². The van der Waals surface area contributed by atoms with Crippen LogP contribution < -0.4 is 4.90 Å². The number of phenolic OH excluding ortho intramolecular Hbond substituents is 1. The summed E-state index contributed by atoms with van der Waals surface area (Å²) in [5.74, 6) is 2.76. The first kappa shape index (κ1) is 33.4. The molecule has 5 heteroatoms. The molecule has 1 aliphatic heterocycles. The van der Waals surface area contributed by atoms with Crippen LogP contribution in [-0.2, 0) is 26.5 Å². The molecule has 0 bridgehead atoms. The molecule has 3 aromatic carbocycles. The summed E-state index contributed by atoms with van der Waals surface area (Å²) in [6, 6.07) is 29.3. The van der Waals surface area contributed by atoms with E-state index in [1.54, 1.807) is 0 Å². The Morgan fingerprint density at radius 3 is 2.36 bits per heavy atom. The van der Waals surface area contributed by atoms with Crippen molar-refractivity contribution in [1.82, 2.24) is 9.97 Å². The number of aromatic nitrogens is 2. The van der Waals surface area contributed by atoms with Crippen molar-refractivity contribution in [2.75, 3.05) is 4.90 Å². The van der Waals surface area contributed by atoms with Crippen molar-refractivity contribution >= 4 is 28.1 Å². The van der Waals surface area contributed by atoms with Gasteiger partial charge in [-0.2, -0.15) is 0 Å². The molecule has 1 N–H and O–H groups in total. The Morgan fingerprint density at radius 2 is 1.64 bits per heavy atom. The normalized spacial score (nSPS) is 18.9. The number of nitrogens with zero attached hydrogens (tertiary/aromatic N) is 3. The monoisotopic (exact) mass is 803 g/mol. The van der Waals surface area contributed by atoms with Crippen molar-refractivity contribution in [3.05, 3.63) is 107 Å². The van der Waals surface area contributed by atoms with Gasteiger partial charge in [0.05, 0.1) is 0 Å². The molecular weight excluding hydrogens is 758 g/mol. The molecule has 1 aliphatic carbocycles. The number of fused-ring (bicyclic) bond motifs is 3. The Morgan fingerprint density at radius 1 is 0.894 bits per heavy atom. The van der Waals surface area contributed by atoms with Crippen molar-refractivity contribution in [3.8, 4) is 17.0 Å². The van der Waals surface area contributed by atoms with Gasteiger partial charge in [-0.3, -0.25) is 4.98 Å². The maximum atomic E-state index is 11.1. The summed E-state index contributed by atoms with van der Waals surface area (Å²) in [5, 5.41) is 12.1. The van der Waals surface area contributed by atoms with Crippen LogP contribution in [0, 0.1) is 17.4 Å². The summed E-state index contributed by atoms with van der Waals surface area (Å²) in [6.45, 7) is 16.1. The van der Waals surface area contributed by atoms with Gasteiger partial charge in [0.25, 0.3) is 0 Å². The number of hydrogen-bond acceptors (Lipinski definition) is 4. The minimum absolute atomic E-state index is 0. The summed E-state index contributed by atoms with van der Waals surface area (Å²) in [4.78, 5) is 12.2. The molecule has 4 nitrogen and oxygen atoms in total. The summed E-state index contributed by atoms with van der Waals surface area (Å²) in [5.41, 5.74) is 9.65. The number of rotatable bonds is 4. The van der Waals surface area contributed by atoms with Crippen LogP contribution in [0.4, 0.5) is 17.2 Å². The SMILES string of the molecule is CC(C)c1ccnc(N2c3[c-]c(-c4ccc5c(C6CCC(C(C)(C)C)CC6)ccc(O)c5n4)ccc3C(C)(C)c3ccccc32)c1.[Pt]. The number of para-hydroxylation sites is 1. The van der Waals surface area contributed by atoms with E-state index in [0.717, 1.165) is 39.8 Å². The van der Waals surface area contributed by atoms with Crippen molar-refractivity contribution in [3.63, 3.8) is 0 Å². The Balaban J connectivity index is 0.00000386. The first-order valence-corrected chi connectivity index (χ1v) is 17.0. The number of anilines is 3. The van der Waals surface area contributed by atoms with E-state index >= 15 is 0 Å². The van der Waals surface area contributed by atoms with Gasteiger partial charge in [-0.25, -0.2) is 4.98 Å². The third-order valence-electron chi connectivity index (χ3n) is 10.8. The van der Waals surface area contributed by atoms with Gasteiger partial charge >= 0.3 is 0 Å². The van der Waals surface area contributed by atoms with E-state index < -0.39 is 0 Å². The summed E-state index contributed by atoms with van der Waals surface area (Å²) >= 11 is 0. The van der Waals surface area contributed by atoms with E-state index in [1.807, 2.05) is 12.3 Å². The predicted molar refractivity (Wildman–Crippen MR) is 191 cm³/mol. The van der Waals surface area contributed by atoms with Crippen molar-refractivity contribution in [2.24, 2.45) is 11.3 Å². The Labute approximate surface area is 294 Å². The fraction of sp³-hybridized carbons (Fsp3) is 0.381. The van der Waals surface area contributed by atoms with Gasteiger partial charge in [0.1, 0.15) is 17.1 Å². The van der Waals surface area contributed by atoms with Crippen LogP contribution in [0.1, 0.15) is 108 Å². The zero-order valence-corrected chi connectivity index (χ0v) is 30.9. The molecule has 0 atom stereocenters. The largest absolute Gasteiger partial charge is 0.506 e. The second kappa shape index (κ2) is 12.5. The van der Waals surface area contributed by atoms with E-state index in [2.05, 4.69) is 126 Å². The van der Waals surface area contributed by atoms with E-state index in [-0.39, 0.29) is 32.2 Å². The third-order valence-corrected chi connectivity index (χ3v) is 10.8. The molecule has 0 spiro atoms. The molecule has 0 unspecified atom stereocenters. The maximum Gasteiger partial charge on any atom is 0.140 e. The van der Waals surface area contributed by atoms with Crippen LogP contribution >= 0.6 is 0 Å². The fourth-order valence-corrected chi connectivity index (χ4v) is 7.93. The zero-order valence-electron chi connectivity index (χ0n) is 28.7. The molecule has 0 amide bonds. The van der Waals surface area contributed by atoms with Crippen LogP contribution in [0.2, 0.25) is 0 Å². The van der Waals surface area contributed by atoms with E-state index in [1.165, 1.54) is 47.9 Å². The van der Waals surface area contributed by atoms with Gasteiger partial charge in [0.15, 0.2) is 0 Å². The van der Waals surface area contributed by atoms with Crippen molar-refractivity contribution in [2.45, 2.75) is 91.4 Å². The standard InChI is InChI=1S/C42H46N3O.Pt/c1-26(2)28-22-23-43-39(25-28)45-36-11-9-8-10-33(36)42(6,7)34-19-14-29(24-37(34)45)35-20-17-32-31(18-21-38(46)40(32)44-35)27-12-15-30(16-13-27)41(3,4)5;/h8-11,14,17-23,25-27,30,46H,12-13,15-16H2,1-7H3;/q-1;. The van der Waals surface area contributed by atoms with E-state index in [9.17, 15) is 5.11 Å². The average Bonchev–Trinajstić information content (AvgIpc) is 3.04. The molecule has 1 saturated carbocycles. The smallest absolute Gasteiger partial charge is 0.140 e. The average molecular weight is 804 g/mol. The number of hydrogen-bond donors (Lipinski definition) is 1. The van der Waals surface area contributed by atoms with Gasteiger partial charge in [0.2, 0.25) is 0 Å². The predicted octanol–water partition coefficient (Wildman–Crippen LogP) is 11.4. The van der Waals surface area contributed by atoms with Crippen LogP contribution in [0.5, 0.6) is 5.75 Å². The number of aromatic hydroxyl groups is 1. The quantitative estimate of drug-likeness (QED) is 0.184. The molecule has 7 rings (SSSR count). The molecule has 246 valence electrons. The molecule has 5 aromatic rings.